The van der Waals surface area contributed by atoms with E-state index in [0.717, 1.165) is 33.6 Å². The molecule has 0 aliphatic carbocycles. The molecule has 0 atom stereocenters. The summed E-state index contributed by atoms with van der Waals surface area (Å²) in [7, 11) is 0. The first kappa shape index (κ1) is 29.9. The summed E-state index contributed by atoms with van der Waals surface area (Å²) in [6, 6.07) is 40.2. The van der Waals surface area contributed by atoms with Crippen molar-refractivity contribution >= 4 is 28.6 Å². The maximum atomic E-state index is 9.57. The molecule has 41 heavy (non-hydrogen) atoms. The van der Waals surface area contributed by atoms with Crippen molar-refractivity contribution in [3.63, 3.8) is 0 Å². The van der Waals surface area contributed by atoms with Gasteiger partial charge in [-0.2, -0.15) is 5.26 Å². The summed E-state index contributed by atoms with van der Waals surface area (Å²) in [4.78, 5) is 4.56. The molecule has 0 saturated heterocycles. The first-order valence-corrected chi connectivity index (χ1v) is 13.2. The van der Waals surface area contributed by atoms with Crippen molar-refractivity contribution in [3.8, 4) is 28.3 Å². The second-order valence-electron chi connectivity index (χ2n) is 8.82. The number of nitriles is 1. The summed E-state index contributed by atoms with van der Waals surface area (Å²) < 4.78 is 0. The van der Waals surface area contributed by atoms with Gasteiger partial charge in [0.1, 0.15) is 6.07 Å². The van der Waals surface area contributed by atoms with Gasteiger partial charge < -0.3 is 16.4 Å². The third kappa shape index (κ3) is 8.19. The molecule has 4 aromatic carbocycles. The molecule has 0 bridgehead atoms. The van der Waals surface area contributed by atoms with Crippen molar-refractivity contribution in [2.75, 3.05) is 16.4 Å². The molecule has 1 heterocycles. The van der Waals surface area contributed by atoms with Crippen LogP contribution in [0.1, 0.15) is 19.5 Å². The van der Waals surface area contributed by atoms with Gasteiger partial charge in [-0.05, 0) is 43.2 Å². The molecular formula is C36H35N5. The molecule has 0 spiro atoms. The van der Waals surface area contributed by atoms with Crippen molar-refractivity contribution < 1.29 is 0 Å². The van der Waals surface area contributed by atoms with Gasteiger partial charge in [0.2, 0.25) is 0 Å². The van der Waals surface area contributed by atoms with Crippen LogP contribution >= 0.6 is 0 Å². The SMILES string of the molecule is C=CC.C=CC.N#Cc1nc(Nc2ccccc2-c2ccccc2)c(Nc2ccccc2-c2ccccc2)cc1N. The lowest BCUT2D eigenvalue weighted by molar-refractivity contribution is 1.25. The van der Waals surface area contributed by atoms with Gasteiger partial charge in [0, 0.05) is 22.5 Å². The number of allylic oxidation sites excluding steroid dienone is 2. The quantitative estimate of drug-likeness (QED) is 0.188. The minimum absolute atomic E-state index is 0.173. The van der Waals surface area contributed by atoms with Crippen LogP contribution in [0, 0.1) is 11.3 Å². The van der Waals surface area contributed by atoms with Gasteiger partial charge in [0.25, 0.3) is 0 Å². The van der Waals surface area contributed by atoms with Gasteiger partial charge in [-0.3, -0.25) is 0 Å². The van der Waals surface area contributed by atoms with Crippen LogP contribution < -0.4 is 16.4 Å². The van der Waals surface area contributed by atoms with Gasteiger partial charge >= 0.3 is 0 Å². The van der Waals surface area contributed by atoms with E-state index in [1.165, 1.54) is 0 Å². The maximum absolute atomic E-state index is 9.57. The molecular weight excluding hydrogens is 502 g/mol. The van der Waals surface area contributed by atoms with E-state index in [1.807, 2.05) is 86.6 Å². The summed E-state index contributed by atoms with van der Waals surface area (Å²) in [5, 5.41) is 16.5. The maximum Gasteiger partial charge on any atom is 0.165 e. The Hall–Kier alpha value is -5.60. The molecule has 5 rings (SSSR count). The molecule has 0 aliphatic rings. The van der Waals surface area contributed by atoms with Crippen molar-refractivity contribution in [1.29, 1.82) is 5.26 Å². The largest absolute Gasteiger partial charge is 0.396 e. The Morgan fingerprint density at radius 3 is 1.54 bits per heavy atom. The fourth-order valence-corrected chi connectivity index (χ4v) is 4.00. The van der Waals surface area contributed by atoms with E-state index in [9.17, 15) is 5.26 Å². The second kappa shape index (κ2) is 15.7. The van der Waals surface area contributed by atoms with E-state index in [0.29, 0.717) is 17.2 Å². The highest BCUT2D eigenvalue weighted by Crippen LogP contribution is 2.36. The lowest BCUT2D eigenvalue weighted by atomic mass is 10.0. The number of nitrogens with one attached hydrogen (secondary N) is 2. The predicted octanol–water partition coefficient (Wildman–Crippen LogP) is 9.74. The first-order chi connectivity index (χ1) is 20.1. The van der Waals surface area contributed by atoms with Gasteiger partial charge in [0.05, 0.1) is 11.4 Å². The fraction of sp³-hybridized carbons (Fsp3) is 0.0556. The van der Waals surface area contributed by atoms with Crippen molar-refractivity contribution in [3.05, 3.63) is 146 Å². The Labute approximate surface area is 243 Å². The number of nitrogens with zero attached hydrogens (tertiary/aromatic N) is 2. The average molecular weight is 538 g/mol. The van der Waals surface area contributed by atoms with E-state index < -0.39 is 0 Å². The van der Waals surface area contributed by atoms with E-state index in [1.54, 1.807) is 18.2 Å². The first-order valence-electron chi connectivity index (χ1n) is 13.2. The molecule has 5 aromatic rings. The Kier molecular flexibility index (Phi) is 11.5. The van der Waals surface area contributed by atoms with Crippen molar-refractivity contribution in [2.24, 2.45) is 0 Å². The van der Waals surface area contributed by atoms with Crippen LogP contribution in [0.15, 0.2) is 141 Å². The minimum Gasteiger partial charge on any atom is -0.396 e. The minimum atomic E-state index is 0.173. The molecule has 0 unspecified atom stereocenters. The Morgan fingerprint density at radius 1 is 0.659 bits per heavy atom. The Bertz CT molecular complexity index is 1600. The van der Waals surface area contributed by atoms with Gasteiger partial charge in [-0.25, -0.2) is 4.98 Å². The molecule has 5 nitrogen and oxygen atoms in total. The third-order valence-electron chi connectivity index (χ3n) is 5.70. The molecule has 0 radical (unpaired) electrons. The van der Waals surface area contributed by atoms with E-state index in [2.05, 4.69) is 71.2 Å². The molecule has 0 saturated carbocycles. The number of para-hydroxylation sites is 2. The molecule has 204 valence electrons. The summed E-state index contributed by atoms with van der Waals surface area (Å²) in [6.07, 6.45) is 3.50. The van der Waals surface area contributed by atoms with Crippen LogP contribution in [0.2, 0.25) is 0 Å². The molecule has 5 heteroatoms. The summed E-state index contributed by atoms with van der Waals surface area (Å²) >= 11 is 0. The average Bonchev–Trinajstić information content (AvgIpc) is 3.01. The topological polar surface area (TPSA) is 86.8 Å². The lowest BCUT2D eigenvalue weighted by Gasteiger charge is -2.18. The molecule has 0 aliphatic heterocycles. The highest BCUT2D eigenvalue weighted by Gasteiger charge is 2.14. The zero-order valence-electron chi connectivity index (χ0n) is 23.5. The van der Waals surface area contributed by atoms with Crippen LogP contribution in [-0.4, -0.2) is 4.98 Å². The molecule has 4 N–H and O–H groups in total. The molecule has 0 amide bonds. The number of pyridine rings is 1. The van der Waals surface area contributed by atoms with E-state index in [-0.39, 0.29) is 5.69 Å². The number of anilines is 5. The zero-order chi connectivity index (χ0) is 29.5. The van der Waals surface area contributed by atoms with Crippen LogP contribution in [0.25, 0.3) is 22.3 Å². The second-order valence-corrected chi connectivity index (χ2v) is 8.82. The summed E-state index contributed by atoms with van der Waals surface area (Å²) in [5.41, 5.74) is 13.4. The van der Waals surface area contributed by atoms with Crippen LogP contribution in [0.5, 0.6) is 0 Å². The number of hydrogen-bond acceptors (Lipinski definition) is 5. The number of benzene rings is 4. The lowest BCUT2D eigenvalue weighted by Crippen LogP contribution is -2.05. The number of hydrogen-bond donors (Lipinski definition) is 3. The van der Waals surface area contributed by atoms with Crippen LogP contribution in [0.3, 0.4) is 0 Å². The summed E-state index contributed by atoms with van der Waals surface area (Å²) in [5.74, 6) is 0.516. The highest BCUT2D eigenvalue weighted by atomic mass is 15.1. The zero-order valence-corrected chi connectivity index (χ0v) is 23.5. The smallest absolute Gasteiger partial charge is 0.165 e. The number of nitrogens with two attached hydrogens (primary N) is 1. The van der Waals surface area contributed by atoms with Crippen LogP contribution in [-0.2, 0) is 0 Å². The number of rotatable bonds is 6. The van der Waals surface area contributed by atoms with E-state index in [4.69, 9.17) is 5.73 Å². The van der Waals surface area contributed by atoms with Gasteiger partial charge in [-0.15, -0.1) is 13.2 Å². The predicted molar refractivity (Wildman–Crippen MR) is 175 cm³/mol. The third-order valence-corrected chi connectivity index (χ3v) is 5.70. The van der Waals surface area contributed by atoms with Crippen LogP contribution in [0.4, 0.5) is 28.6 Å². The highest BCUT2D eigenvalue weighted by molar-refractivity contribution is 5.88. The molecule has 0 fully saturated rings. The van der Waals surface area contributed by atoms with E-state index >= 15 is 0 Å². The Balaban J connectivity index is 0.000000710. The monoisotopic (exact) mass is 537 g/mol. The molecule has 1 aromatic heterocycles. The van der Waals surface area contributed by atoms with Gasteiger partial charge in [-0.1, -0.05) is 109 Å². The van der Waals surface area contributed by atoms with Gasteiger partial charge in [0.15, 0.2) is 11.5 Å². The fourth-order valence-electron chi connectivity index (χ4n) is 4.00. The Morgan fingerprint density at radius 2 is 1.07 bits per heavy atom. The van der Waals surface area contributed by atoms with Crippen molar-refractivity contribution in [2.45, 2.75) is 13.8 Å². The summed E-state index contributed by atoms with van der Waals surface area (Å²) in [6.45, 7) is 10.5. The standard InChI is InChI=1S/C30H23N5.2C3H6/c31-20-29-25(32)19-28(33-26-17-9-7-15-23(26)21-11-3-1-4-12-21)30(35-29)34-27-18-10-8-16-24(27)22-13-5-2-6-14-22;2*1-3-2/h1-19,33H,32H2,(H,34,35);2*3H,1H2,2H3. The number of aromatic nitrogens is 1. The number of nitrogen functional groups attached to an aromatic ring is 1. The normalized spacial score (nSPS) is 9.49. The van der Waals surface area contributed by atoms with Crippen molar-refractivity contribution in [1.82, 2.24) is 4.98 Å².